The lowest BCUT2D eigenvalue weighted by molar-refractivity contribution is 0.661. The van der Waals surface area contributed by atoms with Gasteiger partial charge < -0.3 is 10.3 Å². The second kappa shape index (κ2) is 14.1. The Bertz CT molecular complexity index is 2200. The first-order valence-corrected chi connectivity index (χ1v) is 16.7. The number of hydrogen-bond donors (Lipinski definition) is 1. The van der Waals surface area contributed by atoms with Crippen molar-refractivity contribution in [2.75, 3.05) is 7.05 Å². The Kier molecular flexibility index (Phi) is 9.57. The van der Waals surface area contributed by atoms with Gasteiger partial charge in [0.05, 0.1) is 11.0 Å². The number of benzene rings is 6. The monoisotopic (exact) mass is 624 g/mol. The minimum absolute atomic E-state index is 0.0423. The molecule has 1 aliphatic carbocycles. The Labute approximate surface area is 285 Å². The number of rotatable bonds is 5. The van der Waals surface area contributed by atoms with Crippen LogP contribution in [0.1, 0.15) is 48.6 Å². The van der Waals surface area contributed by atoms with Gasteiger partial charge in [0.1, 0.15) is 0 Å². The number of para-hydroxylation sites is 1. The van der Waals surface area contributed by atoms with E-state index in [-0.39, 0.29) is 5.41 Å². The van der Waals surface area contributed by atoms with Crippen molar-refractivity contribution in [3.63, 3.8) is 0 Å². The van der Waals surface area contributed by atoms with Crippen molar-refractivity contribution in [1.29, 1.82) is 0 Å². The zero-order valence-corrected chi connectivity index (χ0v) is 28.4. The number of aromatic nitrogens is 1. The summed E-state index contributed by atoms with van der Waals surface area (Å²) in [4.78, 5) is 0. The summed E-state index contributed by atoms with van der Waals surface area (Å²) in [5, 5.41) is 2.60. The Balaban J connectivity index is 0.000000762. The first kappa shape index (κ1) is 32.5. The van der Waals surface area contributed by atoms with Crippen LogP contribution >= 0.6 is 0 Å². The molecule has 1 heterocycles. The van der Waals surface area contributed by atoms with Crippen LogP contribution in [0.4, 0.5) is 0 Å². The van der Waals surface area contributed by atoms with Gasteiger partial charge in [0.15, 0.2) is 0 Å². The highest BCUT2D eigenvalue weighted by Gasteiger charge is 2.36. The van der Waals surface area contributed by atoms with Crippen LogP contribution < -0.4 is 5.73 Å². The van der Waals surface area contributed by atoms with E-state index in [1.54, 1.807) is 6.08 Å². The molecule has 48 heavy (non-hydrogen) atoms. The molecule has 0 amide bonds. The van der Waals surface area contributed by atoms with Gasteiger partial charge in [-0.25, -0.2) is 0 Å². The first-order chi connectivity index (χ1) is 23.5. The number of nitrogens with two attached hydrogens (primary N) is 1. The smallest absolute Gasteiger partial charge is 0.0544 e. The van der Waals surface area contributed by atoms with Crippen LogP contribution in [0.2, 0.25) is 0 Å². The molecule has 238 valence electrons. The molecule has 0 saturated carbocycles. The lowest BCUT2D eigenvalue weighted by Gasteiger charge is -2.21. The summed E-state index contributed by atoms with van der Waals surface area (Å²) in [6.45, 7) is 9.97. The van der Waals surface area contributed by atoms with Crippen molar-refractivity contribution in [3.8, 4) is 16.8 Å². The molecule has 2 nitrogen and oxygen atoms in total. The molecule has 1 aliphatic rings. The summed E-state index contributed by atoms with van der Waals surface area (Å²) in [7, 11) is 1.50. The number of fused-ring (bicyclic) bond motifs is 6. The summed E-state index contributed by atoms with van der Waals surface area (Å²) in [5.74, 6) is 0. The van der Waals surface area contributed by atoms with Crippen molar-refractivity contribution in [2.24, 2.45) is 5.73 Å². The average Bonchev–Trinajstić information content (AvgIpc) is 3.58. The van der Waals surface area contributed by atoms with Crippen molar-refractivity contribution in [2.45, 2.75) is 32.6 Å². The molecular weight excluding hydrogens is 581 g/mol. The van der Waals surface area contributed by atoms with E-state index in [9.17, 15) is 0 Å². The third-order valence-electron chi connectivity index (χ3n) is 9.28. The quantitative estimate of drug-likeness (QED) is 0.190. The van der Waals surface area contributed by atoms with E-state index in [1.165, 1.54) is 79.1 Å². The molecule has 0 aliphatic heterocycles. The Hall–Kier alpha value is -5.44. The van der Waals surface area contributed by atoms with Crippen molar-refractivity contribution >= 4 is 27.4 Å². The SMILES string of the molecule is C=CC.CC1(C)c2ccccc2-c2cc3c4ccccc4n(-c4ccc(/C(=C\Cc5ccccc5)c5ccccc5)cc4)c3cc21.CN. The van der Waals surface area contributed by atoms with Crippen molar-refractivity contribution < 1.29 is 0 Å². The third-order valence-corrected chi connectivity index (χ3v) is 9.28. The van der Waals surface area contributed by atoms with E-state index in [2.05, 4.69) is 182 Å². The summed E-state index contributed by atoms with van der Waals surface area (Å²) < 4.78 is 2.45. The van der Waals surface area contributed by atoms with E-state index < -0.39 is 0 Å². The standard InChI is InChI=1S/C42H33N.C3H6.CH5N/c1-42(2)38-19-11-9-17-34(38)36-27-37-35-18-10-12-20-40(35)43(41(37)28-39(36)42)32-24-22-31(23-25-32)33(30-15-7-4-8-16-30)26-21-29-13-5-3-6-14-29;1-3-2;1-2/h3-20,22-28H,21H2,1-2H3;3H,1H2,2H3;2H2,1H3/b33-26-;;. The molecule has 1 aromatic heterocycles. The van der Waals surface area contributed by atoms with E-state index in [1.807, 2.05) is 6.92 Å². The van der Waals surface area contributed by atoms with Crippen molar-refractivity contribution in [3.05, 3.63) is 192 Å². The summed E-state index contributed by atoms with van der Waals surface area (Å²) >= 11 is 0. The lowest BCUT2D eigenvalue weighted by atomic mass is 9.82. The van der Waals surface area contributed by atoms with Gasteiger partial charge in [-0.2, -0.15) is 0 Å². The van der Waals surface area contributed by atoms with E-state index in [4.69, 9.17) is 0 Å². The van der Waals surface area contributed by atoms with Gasteiger partial charge in [0.25, 0.3) is 0 Å². The highest BCUT2D eigenvalue weighted by atomic mass is 15.0. The van der Waals surface area contributed by atoms with E-state index in [0.717, 1.165) is 6.42 Å². The minimum atomic E-state index is -0.0423. The van der Waals surface area contributed by atoms with Gasteiger partial charge in [0.2, 0.25) is 0 Å². The normalized spacial score (nSPS) is 12.7. The molecule has 7 aromatic rings. The molecule has 0 radical (unpaired) electrons. The Morgan fingerprint density at radius 2 is 1.21 bits per heavy atom. The molecule has 0 atom stereocenters. The van der Waals surface area contributed by atoms with Gasteiger partial charge >= 0.3 is 0 Å². The number of nitrogens with zero attached hydrogens (tertiary/aromatic N) is 1. The van der Waals surface area contributed by atoms with Gasteiger partial charge in [0, 0.05) is 21.9 Å². The van der Waals surface area contributed by atoms with Gasteiger partial charge in [-0.3, -0.25) is 0 Å². The van der Waals surface area contributed by atoms with Gasteiger partial charge in [-0.05, 0) is 95.2 Å². The van der Waals surface area contributed by atoms with Crippen LogP contribution in [-0.2, 0) is 11.8 Å². The summed E-state index contributed by atoms with van der Waals surface area (Å²) in [6, 6.07) is 53.2. The van der Waals surface area contributed by atoms with Crippen LogP contribution in [0, 0.1) is 0 Å². The van der Waals surface area contributed by atoms with E-state index >= 15 is 0 Å². The predicted molar refractivity (Wildman–Crippen MR) is 208 cm³/mol. The largest absolute Gasteiger partial charge is 0.333 e. The number of allylic oxidation sites excluding steroid dienone is 2. The predicted octanol–water partition coefficient (Wildman–Crippen LogP) is 11.5. The second-order valence-electron chi connectivity index (χ2n) is 12.6. The van der Waals surface area contributed by atoms with E-state index in [0.29, 0.717) is 0 Å². The zero-order valence-electron chi connectivity index (χ0n) is 28.4. The van der Waals surface area contributed by atoms with Crippen LogP contribution in [0.5, 0.6) is 0 Å². The highest BCUT2D eigenvalue weighted by Crippen LogP contribution is 2.50. The maximum absolute atomic E-state index is 4.50. The average molecular weight is 625 g/mol. The van der Waals surface area contributed by atoms with Gasteiger partial charge in [-0.15, -0.1) is 6.58 Å². The molecule has 0 fully saturated rings. The third kappa shape index (κ3) is 5.92. The fraction of sp³-hybridized carbons (Fsp3) is 0.130. The molecule has 2 heteroatoms. The minimum Gasteiger partial charge on any atom is -0.333 e. The lowest BCUT2D eigenvalue weighted by Crippen LogP contribution is -2.14. The van der Waals surface area contributed by atoms with Crippen LogP contribution in [0.3, 0.4) is 0 Å². The maximum Gasteiger partial charge on any atom is 0.0544 e. The molecule has 0 unspecified atom stereocenters. The van der Waals surface area contributed by atoms with Crippen molar-refractivity contribution in [1.82, 2.24) is 4.57 Å². The molecule has 0 spiro atoms. The fourth-order valence-corrected chi connectivity index (χ4v) is 7.09. The van der Waals surface area contributed by atoms with Crippen LogP contribution in [0.15, 0.2) is 164 Å². The molecular formula is C46H44N2. The summed E-state index contributed by atoms with van der Waals surface area (Å²) in [5.41, 5.74) is 18.7. The molecule has 8 rings (SSSR count). The number of hydrogen-bond acceptors (Lipinski definition) is 1. The second-order valence-corrected chi connectivity index (χ2v) is 12.6. The molecule has 6 aromatic carbocycles. The van der Waals surface area contributed by atoms with Crippen LogP contribution in [-0.4, -0.2) is 11.6 Å². The fourth-order valence-electron chi connectivity index (χ4n) is 7.09. The Morgan fingerprint density at radius 3 is 1.92 bits per heavy atom. The topological polar surface area (TPSA) is 30.9 Å². The zero-order chi connectivity index (χ0) is 33.7. The van der Waals surface area contributed by atoms with Gasteiger partial charge in [-0.1, -0.05) is 141 Å². The highest BCUT2D eigenvalue weighted by molar-refractivity contribution is 6.11. The molecule has 0 saturated heterocycles. The molecule has 0 bridgehead atoms. The first-order valence-electron chi connectivity index (χ1n) is 16.7. The summed E-state index contributed by atoms with van der Waals surface area (Å²) in [6.07, 6.45) is 5.01. The molecule has 2 N–H and O–H groups in total. The Morgan fingerprint density at radius 1 is 0.625 bits per heavy atom. The van der Waals surface area contributed by atoms with Crippen LogP contribution in [0.25, 0.3) is 44.2 Å². The maximum atomic E-state index is 4.50.